The van der Waals surface area contributed by atoms with Gasteiger partial charge < -0.3 is 20.5 Å². The van der Waals surface area contributed by atoms with Crippen molar-refractivity contribution in [3.05, 3.63) is 59.7 Å². The average Bonchev–Trinajstić information content (AvgIpc) is 2.57. The predicted molar refractivity (Wildman–Crippen MR) is 100 cm³/mol. The number of aliphatic carboxylic acids is 1. The van der Waals surface area contributed by atoms with E-state index in [-0.39, 0.29) is 12.4 Å². The predicted octanol–water partition coefficient (Wildman–Crippen LogP) is 3.30. The molecule has 0 aliphatic carbocycles. The number of nitrogens with one attached hydrogen (secondary N) is 2. The van der Waals surface area contributed by atoms with Crippen molar-refractivity contribution < 1.29 is 19.4 Å². The number of carboxylic acids is 1. The van der Waals surface area contributed by atoms with Gasteiger partial charge in [-0.25, -0.2) is 4.79 Å². The molecule has 0 saturated carbocycles. The summed E-state index contributed by atoms with van der Waals surface area (Å²) in [6, 6.07) is 13.8. The van der Waals surface area contributed by atoms with Gasteiger partial charge >= 0.3 is 11.9 Å². The molecular weight excluding hydrogens is 340 g/mol. The Balaban J connectivity index is 1.91. The molecule has 0 aromatic heterocycles. The first-order valence-electron chi connectivity index (χ1n) is 7.64. The SMILES string of the molecule is CCOC(=O)c1ccc(NC(=S)Nc2ccc(CC(=O)O)cc2)cc1. The minimum atomic E-state index is -0.871. The fraction of sp³-hybridized carbons (Fsp3) is 0.167. The monoisotopic (exact) mass is 358 g/mol. The van der Waals surface area contributed by atoms with Crippen molar-refractivity contribution >= 4 is 40.6 Å². The van der Waals surface area contributed by atoms with Gasteiger partial charge in [-0.15, -0.1) is 0 Å². The van der Waals surface area contributed by atoms with Gasteiger partial charge in [0.1, 0.15) is 0 Å². The van der Waals surface area contributed by atoms with Crippen LogP contribution < -0.4 is 10.6 Å². The molecule has 0 bridgehead atoms. The zero-order chi connectivity index (χ0) is 18.2. The number of benzene rings is 2. The van der Waals surface area contributed by atoms with Crippen LogP contribution in [-0.2, 0) is 16.0 Å². The van der Waals surface area contributed by atoms with Crippen LogP contribution in [0.15, 0.2) is 48.5 Å². The molecule has 0 fully saturated rings. The number of carbonyl (C=O) groups excluding carboxylic acids is 1. The maximum absolute atomic E-state index is 11.6. The first-order valence-corrected chi connectivity index (χ1v) is 8.04. The highest BCUT2D eigenvalue weighted by atomic mass is 32.1. The molecule has 0 aliphatic heterocycles. The van der Waals surface area contributed by atoms with Gasteiger partial charge in [0.2, 0.25) is 0 Å². The number of esters is 1. The molecule has 130 valence electrons. The fourth-order valence-corrected chi connectivity index (χ4v) is 2.31. The van der Waals surface area contributed by atoms with E-state index in [9.17, 15) is 9.59 Å². The summed E-state index contributed by atoms with van der Waals surface area (Å²) in [5.74, 6) is -1.24. The van der Waals surface area contributed by atoms with Crippen molar-refractivity contribution in [1.82, 2.24) is 0 Å². The molecule has 6 nitrogen and oxygen atoms in total. The lowest BCUT2D eigenvalue weighted by Gasteiger charge is -2.11. The molecule has 2 aromatic rings. The summed E-state index contributed by atoms with van der Waals surface area (Å²) in [5, 5.41) is 15.2. The number of anilines is 2. The number of rotatable bonds is 6. The van der Waals surface area contributed by atoms with E-state index in [4.69, 9.17) is 22.1 Å². The van der Waals surface area contributed by atoms with E-state index in [1.807, 2.05) is 0 Å². The lowest BCUT2D eigenvalue weighted by Crippen LogP contribution is -2.19. The molecule has 2 aromatic carbocycles. The van der Waals surface area contributed by atoms with E-state index in [1.54, 1.807) is 55.5 Å². The van der Waals surface area contributed by atoms with Crippen molar-refractivity contribution in [2.75, 3.05) is 17.2 Å². The lowest BCUT2D eigenvalue weighted by atomic mass is 10.1. The number of ether oxygens (including phenoxy) is 1. The highest BCUT2D eigenvalue weighted by Gasteiger charge is 2.06. The Morgan fingerprint density at radius 1 is 1.00 bits per heavy atom. The molecule has 3 N–H and O–H groups in total. The van der Waals surface area contributed by atoms with Crippen molar-refractivity contribution in [3.63, 3.8) is 0 Å². The molecule has 0 saturated heterocycles. The molecule has 0 unspecified atom stereocenters. The Bertz CT molecular complexity index is 758. The third-order valence-corrected chi connectivity index (χ3v) is 3.43. The van der Waals surface area contributed by atoms with Crippen molar-refractivity contribution in [2.45, 2.75) is 13.3 Å². The number of carbonyl (C=O) groups is 2. The van der Waals surface area contributed by atoms with Gasteiger partial charge in [0.05, 0.1) is 18.6 Å². The Morgan fingerprint density at radius 3 is 2.00 bits per heavy atom. The van der Waals surface area contributed by atoms with Crippen LogP contribution in [0, 0.1) is 0 Å². The number of hydrogen-bond donors (Lipinski definition) is 3. The van der Waals surface area contributed by atoms with E-state index in [2.05, 4.69) is 10.6 Å². The van der Waals surface area contributed by atoms with Crippen molar-refractivity contribution in [1.29, 1.82) is 0 Å². The first-order chi connectivity index (χ1) is 12.0. The molecule has 25 heavy (non-hydrogen) atoms. The van der Waals surface area contributed by atoms with Crippen LogP contribution in [0.25, 0.3) is 0 Å². The van der Waals surface area contributed by atoms with Gasteiger partial charge in [-0.1, -0.05) is 12.1 Å². The second-order valence-corrected chi connectivity index (χ2v) is 5.55. The first kappa shape index (κ1) is 18.4. The maximum atomic E-state index is 11.6. The van der Waals surface area contributed by atoms with Crippen LogP contribution in [-0.4, -0.2) is 28.8 Å². The highest BCUT2D eigenvalue weighted by Crippen LogP contribution is 2.13. The van der Waals surface area contributed by atoms with Crippen molar-refractivity contribution in [2.24, 2.45) is 0 Å². The van der Waals surface area contributed by atoms with Gasteiger partial charge in [-0.05, 0) is 61.1 Å². The zero-order valence-electron chi connectivity index (χ0n) is 13.6. The largest absolute Gasteiger partial charge is 0.481 e. The van der Waals surface area contributed by atoms with Gasteiger partial charge in [0.25, 0.3) is 0 Å². The summed E-state index contributed by atoms with van der Waals surface area (Å²) < 4.78 is 4.93. The smallest absolute Gasteiger partial charge is 0.338 e. The normalized spacial score (nSPS) is 9.96. The summed E-state index contributed by atoms with van der Waals surface area (Å²) in [5.41, 5.74) is 2.66. The quantitative estimate of drug-likeness (QED) is 0.539. The Morgan fingerprint density at radius 2 is 1.52 bits per heavy atom. The minimum Gasteiger partial charge on any atom is -0.481 e. The topological polar surface area (TPSA) is 87.7 Å². The third-order valence-electron chi connectivity index (χ3n) is 3.22. The summed E-state index contributed by atoms with van der Waals surface area (Å²) in [6.45, 7) is 2.09. The van der Waals surface area contributed by atoms with Gasteiger partial charge in [-0.2, -0.15) is 0 Å². The lowest BCUT2D eigenvalue weighted by molar-refractivity contribution is -0.136. The van der Waals surface area contributed by atoms with Crippen LogP contribution in [0.5, 0.6) is 0 Å². The minimum absolute atomic E-state index is 0.0181. The summed E-state index contributed by atoms with van der Waals surface area (Å²) in [7, 11) is 0. The van der Waals surface area contributed by atoms with Gasteiger partial charge in [0.15, 0.2) is 5.11 Å². The van der Waals surface area contributed by atoms with Gasteiger partial charge in [0, 0.05) is 11.4 Å². The molecule has 2 rings (SSSR count). The molecule has 0 aliphatic rings. The van der Waals surface area contributed by atoms with Crippen LogP contribution in [0.2, 0.25) is 0 Å². The summed E-state index contributed by atoms with van der Waals surface area (Å²) in [4.78, 5) is 22.3. The molecule has 0 spiro atoms. The summed E-state index contributed by atoms with van der Waals surface area (Å²) >= 11 is 5.24. The van der Waals surface area contributed by atoms with Crippen LogP contribution in [0.4, 0.5) is 11.4 Å². The molecule has 0 radical (unpaired) electrons. The zero-order valence-corrected chi connectivity index (χ0v) is 14.4. The molecule has 7 heteroatoms. The number of carboxylic acid groups (broad SMARTS) is 1. The van der Waals surface area contributed by atoms with Crippen LogP contribution in [0.3, 0.4) is 0 Å². The Labute approximate surface area is 150 Å². The Hall–Kier alpha value is -2.93. The number of hydrogen-bond acceptors (Lipinski definition) is 4. The molecule has 0 amide bonds. The molecule has 0 atom stereocenters. The second kappa shape index (κ2) is 8.79. The van der Waals surface area contributed by atoms with Crippen LogP contribution >= 0.6 is 12.2 Å². The molecular formula is C18H18N2O4S. The highest BCUT2D eigenvalue weighted by molar-refractivity contribution is 7.80. The number of thiocarbonyl (C=S) groups is 1. The molecule has 0 heterocycles. The maximum Gasteiger partial charge on any atom is 0.338 e. The van der Waals surface area contributed by atoms with E-state index < -0.39 is 5.97 Å². The average molecular weight is 358 g/mol. The second-order valence-electron chi connectivity index (χ2n) is 5.14. The summed E-state index contributed by atoms with van der Waals surface area (Å²) in [6.07, 6.45) is -0.0181. The third kappa shape index (κ3) is 5.89. The standard InChI is InChI=1S/C18H18N2O4S/c1-2-24-17(23)13-5-9-15(10-6-13)20-18(25)19-14-7-3-12(4-8-14)11-16(21)22/h3-10H,2,11H2,1H3,(H,21,22)(H2,19,20,25). The van der Waals surface area contributed by atoms with E-state index in [0.717, 1.165) is 11.4 Å². The van der Waals surface area contributed by atoms with E-state index in [1.165, 1.54) is 0 Å². The van der Waals surface area contributed by atoms with Crippen LogP contribution in [0.1, 0.15) is 22.8 Å². The van der Waals surface area contributed by atoms with E-state index >= 15 is 0 Å². The van der Waals surface area contributed by atoms with Gasteiger partial charge in [-0.3, -0.25) is 4.79 Å². The Kier molecular flexibility index (Phi) is 6.47. The van der Waals surface area contributed by atoms with E-state index in [0.29, 0.717) is 22.8 Å². The van der Waals surface area contributed by atoms with Crippen molar-refractivity contribution in [3.8, 4) is 0 Å². The fourth-order valence-electron chi connectivity index (χ4n) is 2.08.